The van der Waals surface area contributed by atoms with E-state index < -0.39 is 0 Å². The Morgan fingerprint density at radius 2 is 0.893 bits per heavy atom. The van der Waals surface area contributed by atoms with Gasteiger partial charge in [-0.2, -0.15) is 40.1 Å². The first-order valence-electron chi connectivity index (χ1n) is 7.70. The minimum absolute atomic E-state index is 0.00462. The molecule has 0 amide bonds. The summed E-state index contributed by atoms with van der Waals surface area (Å²) in [6, 6.07) is 7.34. The third-order valence-electron chi connectivity index (χ3n) is 3.03. The summed E-state index contributed by atoms with van der Waals surface area (Å²) in [7, 11) is 0. The summed E-state index contributed by atoms with van der Waals surface area (Å²) in [5.41, 5.74) is 28.8. The molecule has 2 aromatic heterocycles. The van der Waals surface area contributed by atoms with Gasteiger partial charge in [-0.1, -0.05) is 24.3 Å². The van der Waals surface area contributed by atoms with Crippen molar-refractivity contribution >= 4 is 48.1 Å². The number of nitrogens with one attached hydrogen (secondary N) is 2. The zero-order valence-corrected chi connectivity index (χ0v) is 14.4. The maximum atomic E-state index is 5.48. The van der Waals surface area contributed by atoms with Gasteiger partial charge < -0.3 is 22.9 Å². The van der Waals surface area contributed by atoms with Crippen LogP contribution in [0, 0.1) is 0 Å². The van der Waals surface area contributed by atoms with Crippen LogP contribution in [0.3, 0.4) is 0 Å². The Labute approximate surface area is 158 Å². The van der Waals surface area contributed by atoms with Crippen molar-refractivity contribution in [3.63, 3.8) is 0 Å². The van der Waals surface area contributed by atoms with E-state index in [9.17, 15) is 0 Å². The first kappa shape index (κ1) is 18.2. The van der Waals surface area contributed by atoms with Crippen molar-refractivity contribution in [2.24, 2.45) is 10.2 Å². The normalized spacial score (nSPS) is 11.1. The number of nitrogens with two attached hydrogens (primary N) is 4. The third-order valence-corrected chi connectivity index (χ3v) is 3.03. The van der Waals surface area contributed by atoms with Crippen LogP contribution >= 0.6 is 0 Å². The van der Waals surface area contributed by atoms with E-state index in [1.165, 1.54) is 0 Å². The molecule has 0 aliphatic heterocycles. The molecule has 2 heterocycles. The van der Waals surface area contributed by atoms with Crippen LogP contribution in [-0.2, 0) is 0 Å². The van der Waals surface area contributed by atoms with Gasteiger partial charge in [0.05, 0.1) is 12.4 Å². The molecule has 142 valence electrons. The monoisotopic (exact) mass is 380 g/mol. The quantitative estimate of drug-likeness (QED) is 0.230. The van der Waals surface area contributed by atoms with Gasteiger partial charge in [0, 0.05) is 0 Å². The fourth-order valence-corrected chi connectivity index (χ4v) is 1.92. The van der Waals surface area contributed by atoms with Crippen molar-refractivity contribution < 1.29 is 0 Å². The third kappa shape index (κ3) is 5.19. The summed E-state index contributed by atoms with van der Waals surface area (Å²) < 4.78 is 0. The van der Waals surface area contributed by atoms with Crippen LogP contribution in [0.4, 0.5) is 35.7 Å². The Balaban J connectivity index is 1.56. The number of anilines is 6. The molecule has 10 N–H and O–H groups in total. The summed E-state index contributed by atoms with van der Waals surface area (Å²) in [6.45, 7) is 0. The minimum Gasteiger partial charge on any atom is -0.368 e. The van der Waals surface area contributed by atoms with E-state index in [1.54, 1.807) is 12.4 Å². The van der Waals surface area contributed by atoms with Crippen LogP contribution in [0.1, 0.15) is 11.1 Å². The summed E-state index contributed by atoms with van der Waals surface area (Å²) in [5, 5.41) is 8.02. The average molecular weight is 380 g/mol. The zero-order chi connectivity index (χ0) is 19.9. The van der Waals surface area contributed by atoms with Crippen LogP contribution < -0.4 is 33.8 Å². The zero-order valence-electron chi connectivity index (χ0n) is 14.4. The number of benzene rings is 1. The molecule has 0 atom stereocenters. The van der Waals surface area contributed by atoms with E-state index >= 15 is 0 Å². The number of hydrogen-bond acceptors (Lipinski definition) is 14. The van der Waals surface area contributed by atoms with Crippen LogP contribution in [-0.4, -0.2) is 42.3 Å². The number of nitrogen functional groups attached to an aromatic ring is 4. The molecule has 0 unspecified atom stereocenters. The second kappa shape index (κ2) is 8.17. The van der Waals surface area contributed by atoms with Gasteiger partial charge in [0.25, 0.3) is 0 Å². The Morgan fingerprint density at radius 3 is 1.21 bits per heavy atom. The number of nitrogens with zero attached hydrogens (tertiary/aromatic N) is 8. The highest BCUT2D eigenvalue weighted by Crippen LogP contribution is 2.05. The van der Waals surface area contributed by atoms with E-state index in [-0.39, 0.29) is 35.7 Å². The van der Waals surface area contributed by atoms with Crippen molar-refractivity contribution in [3.8, 4) is 0 Å². The molecule has 0 spiro atoms. The van der Waals surface area contributed by atoms with Gasteiger partial charge in [0.2, 0.25) is 35.7 Å². The molecule has 0 bridgehead atoms. The van der Waals surface area contributed by atoms with Gasteiger partial charge in [0.1, 0.15) is 0 Å². The minimum atomic E-state index is 0.00462. The van der Waals surface area contributed by atoms with Crippen molar-refractivity contribution in [2.45, 2.75) is 0 Å². The molecule has 1 aromatic carbocycles. The molecule has 14 heteroatoms. The number of hydrogen-bond donors (Lipinski definition) is 6. The molecule has 0 radical (unpaired) electrons. The molecule has 0 aliphatic carbocycles. The first-order chi connectivity index (χ1) is 13.5. The fourth-order valence-electron chi connectivity index (χ4n) is 1.92. The lowest BCUT2D eigenvalue weighted by atomic mass is 10.2. The van der Waals surface area contributed by atoms with Crippen LogP contribution in [0.5, 0.6) is 0 Å². The first-order valence-corrected chi connectivity index (χ1v) is 7.70. The van der Waals surface area contributed by atoms with Crippen molar-refractivity contribution in [1.82, 2.24) is 29.9 Å². The Morgan fingerprint density at radius 1 is 0.571 bits per heavy atom. The molecule has 14 nitrogen and oxygen atoms in total. The van der Waals surface area contributed by atoms with Gasteiger partial charge in [-0.05, 0) is 11.1 Å². The van der Waals surface area contributed by atoms with Crippen LogP contribution in [0.25, 0.3) is 0 Å². The lowest BCUT2D eigenvalue weighted by molar-refractivity contribution is 1.06. The second-order valence-electron chi connectivity index (χ2n) is 5.16. The highest BCUT2D eigenvalue weighted by molar-refractivity contribution is 5.84. The molecular weight excluding hydrogens is 364 g/mol. The Bertz CT molecular complexity index is 890. The van der Waals surface area contributed by atoms with E-state index in [0.29, 0.717) is 0 Å². The average Bonchev–Trinajstić information content (AvgIpc) is 2.61. The van der Waals surface area contributed by atoms with Crippen LogP contribution in [0.15, 0.2) is 34.5 Å². The van der Waals surface area contributed by atoms with Gasteiger partial charge in [-0.25, -0.2) is 10.9 Å². The smallest absolute Gasteiger partial charge is 0.250 e. The van der Waals surface area contributed by atoms with Gasteiger partial charge in [-0.15, -0.1) is 0 Å². The standard InChI is InChI=1S/C14H16N14/c15-9-21-10(16)24-13(23-9)27-19-5-7-1-2-8(4-3-7)6-20-28-14-25-11(17)22-12(18)26-14/h1-6H,(H5,15,16,21,23,24,27)(H5,17,18,22,25,26,28). The highest BCUT2D eigenvalue weighted by atomic mass is 15.4. The van der Waals surface area contributed by atoms with E-state index in [0.717, 1.165) is 11.1 Å². The second-order valence-corrected chi connectivity index (χ2v) is 5.16. The summed E-state index contributed by atoms with van der Waals surface area (Å²) in [5.74, 6) is 0.316. The van der Waals surface area contributed by atoms with Gasteiger partial charge in [-0.3, -0.25) is 0 Å². The lowest BCUT2D eigenvalue weighted by Gasteiger charge is -2.01. The summed E-state index contributed by atoms with van der Waals surface area (Å²) in [4.78, 5) is 22.7. The maximum Gasteiger partial charge on any atom is 0.250 e. The predicted octanol–water partition coefficient (Wildman–Crippen LogP) is -0.723. The maximum absolute atomic E-state index is 5.48. The molecule has 0 saturated carbocycles. The molecule has 0 aliphatic rings. The van der Waals surface area contributed by atoms with E-state index in [1.807, 2.05) is 24.3 Å². The Hall–Kier alpha value is -4.62. The topological polar surface area (TPSA) is 230 Å². The summed E-state index contributed by atoms with van der Waals surface area (Å²) in [6.07, 6.45) is 3.15. The molecule has 0 fully saturated rings. The van der Waals surface area contributed by atoms with E-state index in [4.69, 9.17) is 22.9 Å². The molecular formula is C14H16N14. The van der Waals surface area contributed by atoms with Gasteiger partial charge in [0.15, 0.2) is 0 Å². The molecule has 3 aromatic rings. The summed E-state index contributed by atoms with van der Waals surface area (Å²) >= 11 is 0. The van der Waals surface area contributed by atoms with Crippen molar-refractivity contribution in [2.75, 3.05) is 33.8 Å². The van der Waals surface area contributed by atoms with Gasteiger partial charge >= 0.3 is 0 Å². The largest absolute Gasteiger partial charge is 0.368 e. The predicted molar refractivity (Wildman–Crippen MR) is 106 cm³/mol. The fraction of sp³-hybridized carbons (Fsp3) is 0. The molecule has 0 saturated heterocycles. The Kier molecular flexibility index (Phi) is 5.31. The van der Waals surface area contributed by atoms with E-state index in [2.05, 4.69) is 51.0 Å². The van der Waals surface area contributed by atoms with Crippen molar-refractivity contribution in [1.29, 1.82) is 0 Å². The SMILES string of the molecule is Nc1nc(N)nc(NN=Cc2ccc(C=NNc3nc(N)nc(N)n3)cc2)n1. The molecule has 28 heavy (non-hydrogen) atoms. The highest BCUT2D eigenvalue weighted by Gasteiger charge is 2.00. The lowest BCUT2D eigenvalue weighted by Crippen LogP contribution is -2.06. The number of hydrazone groups is 2. The number of rotatable bonds is 6. The molecule has 3 rings (SSSR count). The van der Waals surface area contributed by atoms with Crippen LogP contribution in [0.2, 0.25) is 0 Å². The van der Waals surface area contributed by atoms with Crippen molar-refractivity contribution in [3.05, 3.63) is 35.4 Å². The number of aromatic nitrogens is 6.